The van der Waals surface area contributed by atoms with E-state index < -0.39 is 30.5 Å². The molecule has 0 bridgehead atoms. The van der Waals surface area contributed by atoms with E-state index in [1.165, 1.54) is 18.3 Å². The average Bonchev–Trinajstić information content (AvgIpc) is 3.42. The second kappa shape index (κ2) is 13.5. The Hall–Kier alpha value is -5.44. The van der Waals surface area contributed by atoms with Crippen molar-refractivity contribution in [3.63, 3.8) is 0 Å². The lowest BCUT2D eigenvalue weighted by atomic mass is 9.89. The van der Waals surface area contributed by atoms with Gasteiger partial charge in [-0.25, -0.2) is 4.98 Å². The summed E-state index contributed by atoms with van der Waals surface area (Å²) in [4.78, 5) is 32.5. The first kappa shape index (κ1) is 31.5. The van der Waals surface area contributed by atoms with Crippen LogP contribution in [0.4, 0.5) is 24.7 Å². The Morgan fingerprint density at radius 3 is 2.32 bits per heavy atom. The highest BCUT2D eigenvalue weighted by Crippen LogP contribution is 2.48. The van der Waals surface area contributed by atoms with Gasteiger partial charge in [-0.15, -0.1) is 0 Å². The van der Waals surface area contributed by atoms with E-state index in [0.29, 0.717) is 28.4 Å². The van der Waals surface area contributed by atoms with E-state index in [4.69, 9.17) is 4.74 Å². The van der Waals surface area contributed by atoms with Crippen LogP contribution in [0.1, 0.15) is 52.7 Å². The molecular weight excluding hydrogens is 603 g/mol. The summed E-state index contributed by atoms with van der Waals surface area (Å²) >= 11 is 0. The van der Waals surface area contributed by atoms with Gasteiger partial charge in [0, 0.05) is 0 Å². The summed E-state index contributed by atoms with van der Waals surface area (Å²) in [7, 11) is 0. The van der Waals surface area contributed by atoms with E-state index in [-0.39, 0.29) is 17.1 Å². The normalized spacial score (nSPS) is 13.4. The summed E-state index contributed by atoms with van der Waals surface area (Å²) in [6, 6.07) is 31.6. The zero-order valence-electron chi connectivity index (χ0n) is 25.6. The summed E-state index contributed by atoms with van der Waals surface area (Å²) in [6.07, 6.45) is -0.905. The van der Waals surface area contributed by atoms with Gasteiger partial charge in [-0.3, -0.25) is 14.5 Å². The number of carbonyl (C=O) groups excluding carboxylic acids is 2. The molecule has 0 aliphatic heterocycles. The molecule has 0 saturated heterocycles. The van der Waals surface area contributed by atoms with Gasteiger partial charge < -0.3 is 10.1 Å². The third-order valence-electron chi connectivity index (χ3n) is 8.08. The number of alkyl halides is 3. The number of hydrogen-bond acceptors (Lipinski definition) is 4. The summed E-state index contributed by atoms with van der Waals surface area (Å²) in [6.45, 7) is 0.556. The molecule has 2 amide bonds. The van der Waals surface area contributed by atoms with Crippen molar-refractivity contribution in [1.29, 1.82) is 0 Å². The number of nitrogens with one attached hydrogen (secondary N) is 1. The molecule has 47 heavy (non-hydrogen) atoms. The number of para-hydroxylation sites is 2. The maximum absolute atomic E-state index is 14.3. The molecule has 6 nitrogen and oxygen atoms in total. The van der Waals surface area contributed by atoms with Crippen molar-refractivity contribution in [3.8, 4) is 22.6 Å². The number of aryl methyl sites for hydroxylation is 1. The summed E-state index contributed by atoms with van der Waals surface area (Å²) in [5.41, 5.74) is 4.57. The lowest BCUT2D eigenvalue weighted by Gasteiger charge is -2.27. The lowest BCUT2D eigenvalue weighted by Crippen LogP contribution is -2.42. The number of rotatable bonds is 10. The molecule has 0 radical (unpaired) electrons. The Morgan fingerprint density at radius 2 is 1.57 bits per heavy atom. The van der Waals surface area contributed by atoms with Crippen LogP contribution in [0.2, 0.25) is 0 Å². The van der Waals surface area contributed by atoms with E-state index >= 15 is 0 Å². The van der Waals surface area contributed by atoms with Gasteiger partial charge in [-0.1, -0.05) is 86.1 Å². The Labute approximate surface area is 270 Å². The molecule has 0 saturated carbocycles. The van der Waals surface area contributed by atoms with Crippen molar-refractivity contribution < 1.29 is 27.5 Å². The van der Waals surface area contributed by atoms with E-state index in [0.717, 1.165) is 35.1 Å². The first-order valence-electron chi connectivity index (χ1n) is 15.4. The second-order valence-electron chi connectivity index (χ2n) is 11.3. The van der Waals surface area contributed by atoms with Gasteiger partial charge in [0.2, 0.25) is 5.91 Å². The molecule has 1 N–H and O–H groups in total. The minimum Gasteiger partial charge on any atom is -0.457 e. The first-order chi connectivity index (χ1) is 22.7. The summed E-state index contributed by atoms with van der Waals surface area (Å²) < 4.78 is 47.9. The summed E-state index contributed by atoms with van der Waals surface area (Å²) in [5, 5.41) is 2.73. The molecule has 9 heteroatoms. The number of benzene rings is 4. The number of anilines is 2. The van der Waals surface area contributed by atoms with Crippen LogP contribution in [0.3, 0.4) is 0 Å². The standard InChI is InChI=1S/C38H32F3N3O3/c1-2-3-12-25-13-11-19-29-28-16-7-8-17-30(28)35(34(25)29)37(46)44(24-38(39,40)41)33-22-21-26(23-42-33)43-36(45)31-18-9-10-20-32(31)47-27-14-5-4-6-15-27/h4-11,13-23,35H,2-3,12,24H2,1H3,(H,43,45). The van der Waals surface area contributed by atoms with Gasteiger partial charge in [0.25, 0.3) is 5.91 Å². The van der Waals surface area contributed by atoms with Crippen LogP contribution in [0.25, 0.3) is 11.1 Å². The van der Waals surface area contributed by atoms with Crippen molar-refractivity contribution in [2.75, 3.05) is 16.8 Å². The van der Waals surface area contributed by atoms with Gasteiger partial charge in [-0.2, -0.15) is 13.2 Å². The number of ether oxygens (including phenoxy) is 1. The third kappa shape index (κ3) is 6.89. The average molecular weight is 636 g/mol. The van der Waals surface area contributed by atoms with Crippen molar-refractivity contribution in [2.45, 2.75) is 38.3 Å². The van der Waals surface area contributed by atoms with Crippen LogP contribution in [0.5, 0.6) is 11.5 Å². The highest BCUT2D eigenvalue weighted by Gasteiger charge is 2.42. The van der Waals surface area contributed by atoms with Crippen molar-refractivity contribution in [1.82, 2.24) is 4.98 Å². The Kier molecular flexibility index (Phi) is 9.06. The predicted molar refractivity (Wildman–Crippen MR) is 176 cm³/mol. The lowest BCUT2D eigenvalue weighted by molar-refractivity contribution is -0.132. The summed E-state index contributed by atoms with van der Waals surface area (Å²) in [5.74, 6) is -1.41. The molecule has 6 rings (SSSR count). The van der Waals surface area contributed by atoms with Gasteiger partial charge in [0.15, 0.2) is 0 Å². The fourth-order valence-electron chi connectivity index (χ4n) is 5.96. The van der Waals surface area contributed by atoms with E-state index in [1.807, 2.05) is 48.5 Å². The van der Waals surface area contributed by atoms with Crippen LogP contribution in [0, 0.1) is 0 Å². The number of nitrogens with zero attached hydrogens (tertiary/aromatic N) is 2. The molecule has 1 aliphatic rings. The number of fused-ring (bicyclic) bond motifs is 3. The minimum atomic E-state index is -4.69. The minimum absolute atomic E-state index is 0.171. The number of halogens is 3. The third-order valence-corrected chi connectivity index (χ3v) is 8.08. The molecule has 1 aromatic heterocycles. The molecule has 0 spiro atoms. The maximum atomic E-state index is 14.3. The van der Waals surface area contributed by atoms with E-state index in [9.17, 15) is 22.8 Å². The van der Waals surface area contributed by atoms with Crippen LogP contribution >= 0.6 is 0 Å². The number of carbonyl (C=O) groups is 2. The molecule has 1 heterocycles. The molecule has 4 aromatic carbocycles. The van der Waals surface area contributed by atoms with Gasteiger partial charge in [0.05, 0.1) is 23.4 Å². The molecule has 5 aromatic rings. The first-order valence-corrected chi connectivity index (χ1v) is 15.4. The zero-order chi connectivity index (χ0) is 33.0. The number of unbranched alkanes of at least 4 members (excludes halogenated alkanes) is 1. The Bertz CT molecular complexity index is 1890. The second-order valence-corrected chi connectivity index (χ2v) is 11.3. The molecule has 1 aliphatic carbocycles. The van der Waals surface area contributed by atoms with Gasteiger partial charge in [0.1, 0.15) is 23.9 Å². The van der Waals surface area contributed by atoms with Crippen LogP contribution in [0.15, 0.2) is 115 Å². The van der Waals surface area contributed by atoms with Crippen LogP contribution in [-0.4, -0.2) is 29.5 Å². The number of amides is 2. The van der Waals surface area contributed by atoms with Crippen molar-refractivity contribution >= 4 is 23.3 Å². The van der Waals surface area contributed by atoms with E-state index in [2.05, 4.69) is 17.2 Å². The molecule has 238 valence electrons. The van der Waals surface area contributed by atoms with Crippen LogP contribution < -0.4 is 15.0 Å². The van der Waals surface area contributed by atoms with Gasteiger partial charge >= 0.3 is 6.18 Å². The quantitative estimate of drug-likeness (QED) is 0.166. The maximum Gasteiger partial charge on any atom is 0.406 e. The molecule has 1 atom stereocenters. The van der Waals surface area contributed by atoms with E-state index in [1.54, 1.807) is 48.5 Å². The fraction of sp³-hybridized carbons (Fsp3) is 0.184. The molecular formula is C38H32F3N3O3. The Balaban J connectivity index is 1.29. The molecule has 1 unspecified atom stereocenters. The largest absolute Gasteiger partial charge is 0.457 e. The van der Waals surface area contributed by atoms with Crippen molar-refractivity contribution in [3.05, 3.63) is 138 Å². The number of pyridine rings is 1. The fourth-order valence-corrected chi connectivity index (χ4v) is 5.96. The monoisotopic (exact) mass is 635 g/mol. The number of hydrogen-bond donors (Lipinski definition) is 1. The van der Waals surface area contributed by atoms with Gasteiger partial charge in [-0.05, 0) is 77.1 Å². The SMILES string of the molecule is CCCCc1cccc2c1C(C(=O)N(CC(F)(F)F)c1ccc(NC(=O)c3ccccc3Oc3ccccc3)cn1)c1ccccc1-2. The zero-order valence-corrected chi connectivity index (χ0v) is 25.6. The van der Waals surface area contributed by atoms with Crippen molar-refractivity contribution in [2.24, 2.45) is 0 Å². The highest BCUT2D eigenvalue weighted by molar-refractivity contribution is 6.07. The smallest absolute Gasteiger partial charge is 0.406 e. The topological polar surface area (TPSA) is 71.5 Å². The molecule has 0 fully saturated rings. The van der Waals surface area contributed by atoms with Crippen LogP contribution in [-0.2, 0) is 11.2 Å². The number of aromatic nitrogens is 1. The predicted octanol–water partition coefficient (Wildman–Crippen LogP) is 9.18. The Morgan fingerprint density at radius 1 is 0.851 bits per heavy atom. The highest BCUT2D eigenvalue weighted by atomic mass is 19.4.